The average Bonchev–Trinajstić information content (AvgIpc) is 2.54. The topological polar surface area (TPSA) is 34.5 Å². The van der Waals surface area contributed by atoms with E-state index in [1.807, 2.05) is 25.1 Å². The van der Waals surface area contributed by atoms with E-state index in [1.165, 1.54) is 11.1 Å². The molecule has 0 saturated heterocycles. The van der Waals surface area contributed by atoms with Gasteiger partial charge in [-0.1, -0.05) is 52.0 Å². The zero-order chi connectivity index (χ0) is 17.0. The molecule has 0 unspecified atom stereocenters. The Morgan fingerprint density at radius 2 is 1.52 bits per heavy atom. The first kappa shape index (κ1) is 17.2. The highest BCUT2D eigenvalue weighted by Gasteiger charge is 2.14. The minimum atomic E-state index is 0.429. The standard InChI is InChI=1S/C20H26N2O/c1-13(2)16-9-7-10-17(14(3)4)20(16)21-15(5)18-11-8-12-19(22-18)23-6/h7-14H,1-6H3. The molecule has 0 radical (unpaired) electrons. The van der Waals surface area contributed by atoms with Gasteiger partial charge in [0.1, 0.15) is 0 Å². The number of ether oxygens (including phenoxy) is 1. The molecule has 2 aromatic rings. The van der Waals surface area contributed by atoms with Gasteiger partial charge in [0.15, 0.2) is 0 Å². The number of nitrogens with zero attached hydrogens (tertiary/aromatic N) is 2. The largest absolute Gasteiger partial charge is 0.481 e. The summed E-state index contributed by atoms with van der Waals surface area (Å²) in [5, 5.41) is 0. The van der Waals surface area contributed by atoms with E-state index in [4.69, 9.17) is 9.73 Å². The van der Waals surface area contributed by atoms with Gasteiger partial charge in [-0.05, 0) is 36.0 Å². The summed E-state index contributed by atoms with van der Waals surface area (Å²) in [4.78, 5) is 9.43. The fraction of sp³-hybridized carbons (Fsp3) is 0.400. The Kier molecular flexibility index (Phi) is 5.54. The molecular formula is C20H26N2O. The average molecular weight is 310 g/mol. The molecule has 1 aromatic heterocycles. The Labute approximate surface area is 139 Å². The predicted molar refractivity (Wildman–Crippen MR) is 97.3 cm³/mol. The molecule has 3 nitrogen and oxygen atoms in total. The number of pyridine rings is 1. The highest BCUT2D eigenvalue weighted by Crippen LogP contribution is 2.35. The Hall–Kier alpha value is -2.16. The summed E-state index contributed by atoms with van der Waals surface area (Å²) in [6, 6.07) is 12.2. The van der Waals surface area contributed by atoms with Crippen LogP contribution >= 0.6 is 0 Å². The molecule has 2 rings (SSSR count). The van der Waals surface area contributed by atoms with Crippen molar-refractivity contribution in [2.45, 2.75) is 46.5 Å². The Morgan fingerprint density at radius 3 is 2.04 bits per heavy atom. The molecule has 3 heteroatoms. The molecule has 0 saturated carbocycles. The van der Waals surface area contributed by atoms with Crippen molar-refractivity contribution in [3.63, 3.8) is 0 Å². The zero-order valence-electron chi connectivity index (χ0n) is 14.9. The molecule has 0 atom stereocenters. The number of benzene rings is 1. The molecule has 0 fully saturated rings. The van der Waals surface area contributed by atoms with E-state index in [0.717, 1.165) is 17.1 Å². The Bertz CT molecular complexity index is 676. The summed E-state index contributed by atoms with van der Waals surface area (Å²) in [6.07, 6.45) is 0. The molecule has 0 spiro atoms. The molecule has 0 aliphatic heterocycles. The maximum atomic E-state index is 5.21. The Balaban J connectivity index is 2.55. The summed E-state index contributed by atoms with van der Waals surface area (Å²) in [6.45, 7) is 10.8. The number of hydrogen-bond acceptors (Lipinski definition) is 3. The van der Waals surface area contributed by atoms with Crippen LogP contribution in [0, 0.1) is 0 Å². The van der Waals surface area contributed by atoms with E-state index in [-0.39, 0.29) is 0 Å². The van der Waals surface area contributed by atoms with Gasteiger partial charge in [-0.2, -0.15) is 0 Å². The van der Waals surface area contributed by atoms with Gasteiger partial charge in [-0.15, -0.1) is 0 Å². The molecule has 122 valence electrons. The molecule has 1 heterocycles. The number of methoxy groups -OCH3 is 1. The smallest absolute Gasteiger partial charge is 0.213 e. The monoisotopic (exact) mass is 310 g/mol. The lowest BCUT2D eigenvalue weighted by Gasteiger charge is -2.17. The summed E-state index contributed by atoms with van der Waals surface area (Å²) < 4.78 is 5.21. The summed E-state index contributed by atoms with van der Waals surface area (Å²) in [7, 11) is 1.63. The number of aromatic nitrogens is 1. The molecule has 0 amide bonds. The third-order valence-electron chi connectivity index (χ3n) is 3.93. The fourth-order valence-electron chi connectivity index (χ4n) is 2.60. The van der Waals surface area contributed by atoms with Crippen LogP contribution in [0.2, 0.25) is 0 Å². The summed E-state index contributed by atoms with van der Waals surface area (Å²) in [5.74, 6) is 1.47. The normalized spacial score (nSPS) is 12.1. The van der Waals surface area contributed by atoms with Crippen molar-refractivity contribution in [2.24, 2.45) is 4.99 Å². The van der Waals surface area contributed by atoms with Gasteiger partial charge in [0.25, 0.3) is 0 Å². The second-order valence-electron chi connectivity index (χ2n) is 6.36. The van der Waals surface area contributed by atoms with E-state index < -0.39 is 0 Å². The van der Waals surface area contributed by atoms with Gasteiger partial charge >= 0.3 is 0 Å². The third-order valence-corrected chi connectivity index (χ3v) is 3.93. The number of para-hydroxylation sites is 1. The van der Waals surface area contributed by atoms with Crippen LogP contribution in [0.4, 0.5) is 5.69 Å². The maximum Gasteiger partial charge on any atom is 0.213 e. The van der Waals surface area contributed by atoms with Crippen LogP contribution in [0.1, 0.15) is 63.3 Å². The van der Waals surface area contributed by atoms with Crippen molar-refractivity contribution in [2.75, 3.05) is 7.11 Å². The minimum Gasteiger partial charge on any atom is -0.481 e. The lowest BCUT2D eigenvalue weighted by atomic mass is 9.93. The molecule has 0 aliphatic rings. The lowest BCUT2D eigenvalue weighted by molar-refractivity contribution is 0.397. The molecule has 23 heavy (non-hydrogen) atoms. The van der Waals surface area contributed by atoms with E-state index in [9.17, 15) is 0 Å². The van der Waals surface area contributed by atoms with Crippen LogP contribution in [-0.4, -0.2) is 17.8 Å². The first-order chi connectivity index (χ1) is 10.9. The molecular weight excluding hydrogens is 284 g/mol. The van der Waals surface area contributed by atoms with Gasteiger partial charge in [-0.3, -0.25) is 4.99 Å². The zero-order valence-corrected chi connectivity index (χ0v) is 14.9. The van der Waals surface area contributed by atoms with Crippen LogP contribution in [0.5, 0.6) is 5.88 Å². The van der Waals surface area contributed by atoms with Crippen LogP contribution in [0.25, 0.3) is 0 Å². The number of aliphatic imine (C=N–C) groups is 1. The van der Waals surface area contributed by atoms with Gasteiger partial charge in [-0.25, -0.2) is 4.98 Å². The molecule has 0 aliphatic carbocycles. The van der Waals surface area contributed by atoms with Gasteiger partial charge < -0.3 is 4.74 Å². The van der Waals surface area contributed by atoms with Gasteiger partial charge in [0.2, 0.25) is 5.88 Å². The minimum absolute atomic E-state index is 0.429. The van der Waals surface area contributed by atoms with E-state index in [1.54, 1.807) is 7.11 Å². The van der Waals surface area contributed by atoms with Crippen molar-refractivity contribution in [1.82, 2.24) is 4.98 Å². The lowest BCUT2D eigenvalue weighted by Crippen LogP contribution is -2.02. The highest BCUT2D eigenvalue weighted by atomic mass is 16.5. The second-order valence-corrected chi connectivity index (χ2v) is 6.36. The predicted octanol–water partition coefficient (Wildman–Crippen LogP) is 5.48. The molecule has 0 bridgehead atoms. The van der Waals surface area contributed by atoms with Crippen molar-refractivity contribution in [1.29, 1.82) is 0 Å². The molecule has 1 aromatic carbocycles. The summed E-state index contributed by atoms with van der Waals surface area (Å²) in [5.41, 5.74) is 5.38. The highest BCUT2D eigenvalue weighted by molar-refractivity contribution is 5.99. The van der Waals surface area contributed by atoms with Crippen LogP contribution in [-0.2, 0) is 0 Å². The summed E-state index contributed by atoms with van der Waals surface area (Å²) >= 11 is 0. The molecule has 0 N–H and O–H groups in total. The van der Waals surface area contributed by atoms with Crippen LogP contribution in [0.15, 0.2) is 41.4 Å². The van der Waals surface area contributed by atoms with Gasteiger partial charge in [0.05, 0.1) is 24.2 Å². The van der Waals surface area contributed by atoms with Crippen molar-refractivity contribution < 1.29 is 4.74 Å². The Morgan fingerprint density at radius 1 is 0.957 bits per heavy atom. The first-order valence-electron chi connectivity index (χ1n) is 8.13. The maximum absolute atomic E-state index is 5.21. The number of rotatable bonds is 5. The van der Waals surface area contributed by atoms with E-state index >= 15 is 0 Å². The number of hydrogen-bond donors (Lipinski definition) is 0. The quantitative estimate of drug-likeness (QED) is 0.685. The first-order valence-corrected chi connectivity index (χ1v) is 8.13. The third kappa shape index (κ3) is 3.98. The van der Waals surface area contributed by atoms with Crippen LogP contribution < -0.4 is 4.74 Å². The van der Waals surface area contributed by atoms with Crippen molar-refractivity contribution in [3.05, 3.63) is 53.2 Å². The van der Waals surface area contributed by atoms with Crippen molar-refractivity contribution >= 4 is 11.4 Å². The van der Waals surface area contributed by atoms with Crippen LogP contribution in [0.3, 0.4) is 0 Å². The fourth-order valence-corrected chi connectivity index (χ4v) is 2.60. The van der Waals surface area contributed by atoms with Gasteiger partial charge in [0, 0.05) is 6.07 Å². The van der Waals surface area contributed by atoms with E-state index in [2.05, 4.69) is 50.9 Å². The van der Waals surface area contributed by atoms with E-state index in [0.29, 0.717) is 17.7 Å². The van der Waals surface area contributed by atoms with Crippen molar-refractivity contribution in [3.8, 4) is 5.88 Å². The second kappa shape index (κ2) is 7.40. The SMILES string of the molecule is COc1cccc(C(C)=Nc2c(C(C)C)cccc2C(C)C)n1.